The van der Waals surface area contributed by atoms with E-state index in [9.17, 15) is 22.4 Å². The predicted molar refractivity (Wildman–Crippen MR) is 96.9 cm³/mol. The Labute approximate surface area is 159 Å². The summed E-state index contributed by atoms with van der Waals surface area (Å²) in [7, 11) is 2.90. The van der Waals surface area contributed by atoms with Gasteiger partial charge in [-0.3, -0.25) is 4.79 Å². The minimum atomic E-state index is -1.82. The number of carbonyl (C=O) groups excluding carboxylic acids is 1. The molecule has 0 atom stereocenters. The first-order valence-corrected chi connectivity index (χ1v) is 8.58. The number of nitrogens with one attached hydrogen (secondary N) is 1. The Hall–Kier alpha value is -2.81. The van der Waals surface area contributed by atoms with E-state index in [1.807, 2.05) is 7.05 Å². The van der Waals surface area contributed by atoms with Gasteiger partial charge in [0.1, 0.15) is 5.56 Å². The summed E-state index contributed by atoms with van der Waals surface area (Å²) in [6, 6.07) is 6.61. The van der Waals surface area contributed by atoms with Crippen LogP contribution < -0.4 is 15.0 Å². The Bertz CT molecular complexity index is 853. The highest BCUT2D eigenvalue weighted by Gasteiger charge is 2.30. The van der Waals surface area contributed by atoms with Crippen LogP contribution in [-0.2, 0) is 0 Å². The zero-order valence-corrected chi connectivity index (χ0v) is 15.4. The summed E-state index contributed by atoms with van der Waals surface area (Å²) in [5.74, 6) is -9.69. The minimum absolute atomic E-state index is 0.235. The molecule has 1 heterocycles. The van der Waals surface area contributed by atoms with E-state index in [1.54, 1.807) is 24.3 Å². The first-order valence-electron chi connectivity index (χ1n) is 8.58. The number of carbonyl (C=O) groups is 1. The Morgan fingerprint density at radius 1 is 0.929 bits per heavy atom. The van der Waals surface area contributed by atoms with Crippen molar-refractivity contribution < 1.29 is 27.1 Å². The van der Waals surface area contributed by atoms with Crippen molar-refractivity contribution in [3.63, 3.8) is 0 Å². The average molecular weight is 397 g/mol. The van der Waals surface area contributed by atoms with Crippen molar-refractivity contribution in [2.45, 2.75) is 0 Å². The molecule has 3 rings (SSSR count). The van der Waals surface area contributed by atoms with Gasteiger partial charge in [-0.1, -0.05) is 0 Å². The number of hydrogen-bond donors (Lipinski definition) is 1. The number of nitrogens with zero attached hydrogens (tertiary/aromatic N) is 2. The second-order valence-electron chi connectivity index (χ2n) is 6.46. The fourth-order valence-corrected chi connectivity index (χ4v) is 3.00. The van der Waals surface area contributed by atoms with Crippen LogP contribution in [0.15, 0.2) is 24.3 Å². The Kier molecular flexibility index (Phi) is 5.73. The average Bonchev–Trinajstić information content (AvgIpc) is 2.68. The molecule has 1 saturated heterocycles. The highest BCUT2D eigenvalue weighted by atomic mass is 19.2. The van der Waals surface area contributed by atoms with Crippen LogP contribution in [0.1, 0.15) is 10.4 Å². The molecule has 1 amide bonds. The van der Waals surface area contributed by atoms with E-state index in [4.69, 9.17) is 0 Å². The molecule has 1 aliphatic rings. The van der Waals surface area contributed by atoms with Crippen molar-refractivity contribution >= 4 is 17.3 Å². The van der Waals surface area contributed by atoms with Crippen LogP contribution in [-0.4, -0.2) is 51.1 Å². The summed E-state index contributed by atoms with van der Waals surface area (Å²) >= 11 is 0. The summed E-state index contributed by atoms with van der Waals surface area (Å²) in [6.45, 7) is 3.54. The number of methoxy groups -OCH3 is 1. The monoisotopic (exact) mass is 397 g/mol. The number of hydrogen-bond acceptors (Lipinski definition) is 4. The second kappa shape index (κ2) is 8.05. The van der Waals surface area contributed by atoms with Crippen molar-refractivity contribution in [2.75, 3.05) is 50.6 Å². The zero-order chi connectivity index (χ0) is 20.4. The van der Waals surface area contributed by atoms with E-state index in [-0.39, 0.29) is 5.69 Å². The van der Waals surface area contributed by atoms with Gasteiger partial charge in [0.2, 0.25) is 11.6 Å². The molecular weight excluding hydrogens is 378 g/mol. The molecule has 0 unspecified atom stereocenters. The predicted octanol–water partition coefficient (Wildman–Crippen LogP) is 3.26. The molecular formula is C19H19F4N3O2. The zero-order valence-electron chi connectivity index (χ0n) is 15.4. The van der Waals surface area contributed by atoms with Gasteiger partial charge in [-0.15, -0.1) is 0 Å². The molecule has 0 radical (unpaired) electrons. The van der Waals surface area contributed by atoms with Crippen molar-refractivity contribution in [3.8, 4) is 5.75 Å². The Balaban J connectivity index is 1.78. The number of piperazine rings is 1. The van der Waals surface area contributed by atoms with Gasteiger partial charge in [-0.25, -0.2) is 8.78 Å². The van der Waals surface area contributed by atoms with Crippen LogP contribution in [0.25, 0.3) is 0 Å². The van der Waals surface area contributed by atoms with Crippen LogP contribution in [0.4, 0.5) is 28.9 Å². The molecule has 5 nitrogen and oxygen atoms in total. The molecule has 2 aromatic carbocycles. The summed E-state index contributed by atoms with van der Waals surface area (Å²) in [5, 5.41) is 2.25. The van der Waals surface area contributed by atoms with Gasteiger partial charge in [0.05, 0.1) is 7.11 Å². The van der Waals surface area contributed by atoms with Crippen molar-refractivity contribution in [2.24, 2.45) is 0 Å². The molecule has 1 fully saturated rings. The maximum absolute atomic E-state index is 14.0. The first-order chi connectivity index (χ1) is 13.3. The van der Waals surface area contributed by atoms with Crippen molar-refractivity contribution in [1.82, 2.24) is 4.90 Å². The fraction of sp³-hybridized carbons (Fsp3) is 0.316. The fourth-order valence-electron chi connectivity index (χ4n) is 3.00. The molecule has 0 bridgehead atoms. The number of benzene rings is 2. The third-order valence-corrected chi connectivity index (χ3v) is 4.65. The molecule has 0 saturated carbocycles. The molecule has 1 aliphatic heterocycles. The molecule has 0 aromatic heterocycles. The van der Waals surface area contributed by atoms with E-state index in [0.717, 1.165) is 39.0 Å². The Morgan fingerprint density at radius 2 is 1.46 bits per heavy atom. The van der Waals surface area contributed by atoms with E-state index >= 15 is 0 Å². The van der Waals surface area contributed by atoms with Gasteiger partial charge < -0.3 is 19.9 Å². The molecule has 28 heavy (non-hydrogen) atoms. The first kappa shape index (κ1) is 19.9. The van der Waals surface area contributed by atoms with Gasteiger partial charge in [0, 0.05) is 37.6 Å². The minimum Gasteiger partial charge on any atom is -0.491 e. The normalized spacial score (nSPS) is 14.9. The smallest absolute Gasteiger partial charge is 0.261 e. The highest BCUT2D eigenvalue weighted by molar-refractivity contribution is 6.04. The largest absolute Gasteiger partial charge is 0.491 e. The number of amides is 1. The standard InChI is InChI=1S/C19H19F4N3O2/c1-25-7-9-26(10-8-25)12-5-3-11(4-6-12)24-19(27)13-14(20)16(22)18(28-2)17(23)15(13)21/h3-6H,7-10H2,1-2H3,(H,24,27). The van der Waals surface area contributed by atoms with Crippen LogP contribution in [0.2, 0.25) is 0 Å². The number of halogens is 4. The van der Waals surface area contributed by atoms with Gasteiger partial charge in [0.15, 0.2) is 17.4 Å². The third-order valence-electron chi connectivity index (χ3n) is 4.65. The van der Waals surface area contributed by atoms with Gasteiger partial charge in [0.25, 0.3) is 5.91 Å². The quantitative estimate of drug-likeness (QED) is 0.636. The lowest BCUT2D eigenvalue weighted by Crippen LogP contribution is -2.44. The molecule has 150 valence electrons. The number of ether oxygens (including phenoxy) is 1. The summed E-state index contributed by atoms with van der Waals surface area (Å²) in [6.07, 6.45) is 0. The van der Waals surface area contributed by atoms with Crippen LogP contribution in [0, 0.1) is 23.3 Å². The molecule has 0 aliphatic carbocycles. The van der Waals surface area contributed by atoms with Crippen molar-refractivity contribution in [3.05, 3.63) is 53.1 Å². The SMILES string of the molecule is COc1c(F)c(F)c(C(=O)Nc2ccc(N3CCN(C)CC3)cc2)c(F)c1F. The Morgan fingerprint density at radius 3 is 1.96 bits per heavy atom. The number of rotatable bonds is 4. The van der Waals surface area contributed by atoms with Crippen LogP contribution >= 0.6 is 0 Å². The molecule has 1 N–H and O–H groups in total. The molecule has 9 heteroatoms. The molecule has 0 spiro atoms. The van der Waals surface area contributed by atoms with Gasteiger partial charge >= 0.3 is 0 Å². The lowest BCUT2D eigenvalue weighted by molar-refractivity contribution is 0.101. The van der Waals surface area contributed by atoms with Crippen molar-refractivity contribution in [1.29, 1.82) is 0 Å². The van der Waals surface area contributed by atoms with E-state index in [2.05, 4.69) is 19.9 Å². The van der Waals surface area contributed by atoms with Gasteiger partial charge in [-0.2, -0.15) is 8.78 Å². The van der Waals surface area contributed by atoms with E-state index in [1.165, 1.54) is 0 Å². The van der Waals surface area contributed by atoms with Crippen LogP contribution in [0.3, 0.4) is 0 Å². The van der Waals surface area contributed by atoms with E-state index in [0.29, 0.717) is 0 Å². The topological polar surface area (TPSA) is 44.8 Å². The highest BCUT2D eigenvalue weighted by Crippen LogP contribution is 2.30. The maximum Gasteiger partial charge on any atom is 0.261 e. The van der Waals surface area contributed by atoms with Gasteiger partial charge in [-0.05, 0) is 31.3 Å². The second-order valence-corrected chi connectivity index (χ2v) is 6.46. The molecule has 2 aromatic rings. The lowest BCUT2D eigenvalue weighted by atomic mass is 10.1. The summed E-state index contributed by atoms with van der Waals surface area (Å²) < 4.78 is 60.0. The maximum atomic E-state index is 14.0. The summed E-state index contributed by atoms with van der Waals surface area (Å²) in [4.78, 5) is 16.6. The third kappa shape index (κ3) is 3.75. The summed E-state index contributed by atoms with van der Waals surface area (Å²) in [5.41, 5.74) is -0.178. The van der Waals surface area contributed by atoms with Crippen LogP contribution in [0.5, 0.6) is 5.75 Å². The van der Waals surface area contributed by atoms with E-state index < -0.39 is 40.5 Å². The number of anilines is 2. The lowest BCUT2D eigenvalue weighted by Gasteiger charge is -2.34. The number of likely N-dealkylation sites (N-methyl/N-ethyl adjacent to an activating group) is 1.